The van der Waals surface area contributed by atoms with Gasteiger partial charge in [0.15, 0.2) is 11.6 Å². The highest BCUT2D eigenvalue weighted by Gasteiger charge is 2.29. The number of carbonyl (C=O) groups is 1. The van der Waals surface area contributed by atoms with Crippen LogP contribution in [-0.4, -0.2) is 25.2 Å². The first-order valence-electron chi connectivity index (χ1n) is 5.63. The van der Waals surface area contributed by atoms with Crippen molar-refractivity contribution in [2.75, 3.05) is 13.7 Å². The van der Waals surface area contributed by atoms with Gasteiger partial charge in [0.25, 0.3) is 0 Å². The Morgan fingerprint density at radius 2 is 2.17 bits per heavy atom. The second kappa shape index (κ2) is 5.82. The summed E-state index contributed by atoms with van der Waals surface area (Å²) >= 11 is 0. The molecule has 0 heterocycles. The zero-order chi connectivity index (χ0) is 13.8. The zero-order valence-electron chi connectivity index (χ0n) is 10.8. The number of carbonyl (C=O) groups excluding carboxylic acids is 1. The summed E-state index contributed by atoms with van der Waals surface area (Å²) in [7, 11) is 1.27. The number of hydrogen-bond donors (Lipinski definition) is 1. The molecule has 1 unspecified atom stereocenters. The molecule has 1 atom stereocenters. The van der Waals surface area contributed by atoms with Gasteiger partial charge in [-0.1, -0.05) is 12.1 Å². The molecular weight excluding hydrogens is 237 g/mol. The molecule has 18 heavy (non-hydrogen) atoms. The van der Waals surface area contributed by atoms with Crippen LogP contribution in [0.15, 0.2) is 18.2 Å². The Hall–Kier alpha value is -1.62. The van der Waals surface area contributed by atoms with Gasteiger partial charge < -0.3 is 15.2 Å². The molecule has 0 aliphatic rings. The topological polar surface area (TPSA) is 61.5 Å². The van der Waals surface area contributed by atoms with E-state index in [9.17, 15) is 9.18 Å². The van der Waals surface area contributed by atoms with Crippen molar-refractivity contribution in [1.29, 1.82) is 0 Å². The van der Waals surface area contributed by atoms with Gasteiger partial charge >= 0.3 is 5.97 Å². The van der Waals surface area contributed by atoms with Gasteiger partial charge in [-0.05, 0) is 25.5 Å². The Morgan fingerprint density at radius 3 is 2.78 bits per heavy atom. The lowest BCUT2D eigenvalue weighted by molar-refractivity contribution is -0.146. The molecule has 0 spiro atoms. The summed E-state index contributed by atoms with van der Waals surface area (Å²) in [4.78, 5) is 11.3. The van der Waals surface area contributed by atoms with E-state index < -0.39 is 17.3 Å². The van der Waals surface area contributed by atoms with E-state index in [0.29, 0.717) is 5.56 Å². The number of esters is 1. The normalized spacial score (nSPS) is 13.8. The van der Waals surface area contributed by atoms with Crippen LogP contribution in [0.1, 0.15) is 18.9 Å². The molecule has 0 aromatic heterocycles. The Kier molecular flexibility index (Phi) is 4.67. The molecular formula is C13H18FNO3. The average Bonchev–Trinajstić information content (AvgIpc) is 2.33. The highest BCUT2D eigenvalue weighted by Crippen LogP contribution is 2.20. The molecule has 0 saturated carbocycles. The Balaban J connectivity index is 2.57. The van der Waals surface area contributed by atoms with Crippen molar-refractivity contribution in [2.24, 2.45) is 5.73 Å². The number of halogens is 1. The fourth-order valence-corrected chi connectivity index (χ4v) is 1.44. The molecule has 5 heteroatoms. The molecule has 0 aliphatic heterocycles. The highest BCUT2D eigenvalue weighted by molar-refractivity contribution is 5.79. The van der Waals surface area contributed by atoms with Crippen LogP contribution in [-0.2, 0) is 9.53 Å². The number of methoxy groups -OCH3 is 1. The third-order valence-electron chi connectivity index (χ3n) is 2.69. The lowest BCUT2D eigenvalue weighted by Crippen LogP contribution is -2.46. The van der Waals surface area contributed by atoms with Gasteiger partial charge in [0, 0.05) is 6.42 Å². The molecule has 1 aromatic carbocycles. The minimum absolute atomic E-state index is 0.141. The van der Waals surface area contributed by atoms with E-state index in [1.807, 2.05) is 0 Å². The van der Waals surface area contributed by atoms with E-state index >= 15 is 0 Å². The Labute approximate surface area is 106 Å². The van der Waals surface area contributed by atoms with E-state index in [2.05, 4.69) is 4.74 Å². The first-order chi connectivity index (χ1) is 8.38. The minimum Gasteiger partial charge on any atom is -0.490 e. The molecule has 0 aliphatic carbocycles. The van der Waals surface area contributed by atoms with Crippen molar-refractivity contribution in [3.05, 3.63) is 29.6 Å². The third kappa shape index (κ3) is 3.43. The summed E-state index contributed by atoms with van der Waals surface area (Å²) in [6, 6.07) is 4.90. The summed E-state index contributed by atoms with van der Waals surface area (Å²) in [6.07, 6.45) is 0.243. The molecule has 1 rings (SSSR count). The molecule has 2 N–H and O–H groups in total. The van der Waals surface area contributed by atoms with Crippen molar-refractivity contribution >= 4 is 5.97 Å². The van der Waals surface area contributed by atoms with Crippen LogP contribution in [0.4, 0.5) is 4.39 Å². The predicted octanol–water partition coefficient (Wildman–Crippen LogP) is 1.79. The zero-order valence-corrected chi connectivity index (χ0v) is 10.8. The number of hydrogen-bond acceptors (Lipinski definition) is 4. The van der Waals surface area contributed by atoms with Crippen molar-refractivity contribution < 1.29 is 18.7 Å². The smallest absolute Gasteiger partial charge is 0.325 e. The van der Waals surface area contributed by atoms with Crippen LogP contribution in [0.5, 0.6) is 5.75 Å². The SMILES string of the molecule is COC(=O)C(C)(N)CCOc1cccc(C)c1F. The van der Waals surface area contributed by atoms with E-state index in [0.717, 1.165) is 0 Å². The van der Waals surface area contributed by atoms with E-state index in [4.69, 9.17) is 10.5 Å². The van der Waals surface area contributed by atoms with E-state index in [-0.39, 0.29) is 18.8 Å². The molecule has 0 fully saturated rings. The largest absolute Gasteiger partial charge is 0.490 e. The number of nitrogens with two attached hydrogens (primary N) is 1. The predicted molar refractivity (Wildman–Crippen MR) is 65.9 cm³/mol. The standard InChI is InChI=1S/C13H18FNO3/c1-9-5-4-6-10(11(9)14)18-8-7-13(2,15)12(16)17-3/h4-6H,7-8,15H2,1-3H3. The quantitative estimate of drug-likeness (QED) is 0.815. The van der Waals surface area contributed by atoms with Crippen molar-refractivity contribution in [1.82, 2.24) is 0 Å². The maximum atomic E-state index is 13.6. The van der Waals surface area contributed by atoms with Crippen LogP contribution in [0.2, 0.25) is 0 Å². The fraction of sp³-hybridized carbons (Fsp3) is 0.462. The lowest BCUT2D eigenvalue weighted by Gasteiger charge is -2.21. The summed E-state index contributed by atoms with van der Waals surface area (Å²) in [5.74, 6) is -0.749. The maximum Gasteiger partial charge on any atom is 0.325 e. The van der Waals surface area contributed by atoms with Gasteiger partial charge in [0.2, 0.25) is 0 Å². The molecule has 1 aromatic rings. The van der Waals surface area contributed by atoms with Gasteiger partial charge in [-0.25, -0.2) is 4.39 Å². The third-order valence-corrected chi connectivity index (χ3v) is 2.69. The second-order valence-electron chi connectivity index (χ2n) is 4.39. The fourth-order valence-electron chi connectivity index (χ4n) is 1.44. The lowest BCUT2D eigenvalue weighted by atomic mass is 10.0. The number of aryl methyl sites for hydroxylation is 1. The Bertz CT molecular complexity index is 432. The molecule has 0 radical (unpaired) electrons. The summed E-state index contributed by atoms with van der Waals surface area (Å²) in [6.45, 7) is 3.35. The van der Waals surface area contributed by atoms with Gasteiger partial charge in [-0.15, -0.1) is 0 Å². The summed E-state index contributed by atoms with van der Waals surface area (Å²) in [5, 5.41) is 0. The summed E-state index contributed by atoms with van der Waals surface area (Å²) < 4.78 is 23.5. The highest BCUT2D eigenvalue weighted by atomic mass is 19.1. The van der Waals surface area contributed by atoms with E-state index in [1.165, 1.54) is 13.2 Å². The van der Waals surface area contributed by atoms with Crippen molar-refractivity contribution in [2.45, 2.75) is 25.8 Å². The first-order valence-corrected chi connectivity index (χ1v) is 5.63. The van der Waals surface area contributed by atoms with Gasteiger partial charge in [0.1, 0.15) is 5.54 Å². The number of benzene rings is 1. The molecule has 0 saturated heterocycles. The molecule has 0 bridgehead atoms. The van der Waals surface area contributed by atoms with Crippen molar-refractivity contribution in [3.63, 3.8) is 0 Å². The van der Waals surface area contributed by atoms with Gasteiger partial charge in [0.05, 0.1) is 13.7 Å². The minimum atomic E-state index is -1.13. The van der Waals surface area contributed by atoms with Gasteiger partial charge in [-0.3, -0.25) is 4.79 Å². The van der Waals surface area contributed by atoms with E-state index in [1.54, 1.807) is 26.0 Å². The number of rotatable bonds is 5. The van der Waals surface area contributed by atoms with Crippen LogP contribution in [0.3, 0.4) is 0 Å². The average molecular weight is 255 g/mol. The number of ether oxygens (including phenoxy) is 2. The van der Waals surface area contributed by atoms with Crippen molar-refractivity contribution in [3.8, 4) is 5.75 Å². The molecule has 0 amide bonds. The van der Waals surface area contributed by atoms with Crippen LogP contribution in [0.25, 0.3) is 0 Å². The molecule has 4 nitrogen and oxygen atoms in total. The summed E-state index contributed by atoms with van der Waals surface area (Å²) in [5.41, 5.74) is 5.13. The van der Waals surface area contributed by atoms with Crippen LogP contribution < -0.4 is 10.5 Å². The Morgan fingerprint density at radius 1 is 1.50 bits per heavy atom. The molecule has 100 valence electrons. The monoisotopic (exact) mass is 255 g/mol. The maximum absolute atomic E-state index is 13.6. The van der Waals surface area contributed by atoms with Crippen LogP contribution in [0, 0.1) is 12.7 Å². The van der Waals surface area contributed by atoms with Gasteiger partial charge in [-0.2, -0.15) is 0 Å². The first kappa shape index (κ1) is 14.4. The van der Waals surface area contributed by atoms with Crippen LogP contribution >= 0.6 is 0 Å². The second-order valence-corrected chi connectivity index (χ2v) is 4.39.